The van der Waals surface area contributed by atoms with E-state index in [1.54, 1.807) is 0 Å². The minimum atomic E-state index is -5.08. The third kappa shape index (κ3) is 16.0. The summed E-state index contributed by atoms with van der Waals surface area (Å²) in [5.41, 5.74) is 7.73. The number of nitrogens with one attached hydrogen (secondary N) is 1. The van der Waals surface area contributed by atoms with Gasteiger partial charge in [0, 0.05) is 6.54 Å². The summed E-state index contributed by atoms with van der Waals surface area (Å²) in [5.74, 6) is -5.14. The number of carboxylic acids is 2. The first-order valence-electron chi connectivity index (χ1n) is 10.6. The molecule has 9 nitrogen and oxygen atoms in total. The molecule has 0 heterocycles. The third-order valence-corrected chi connectivity index (χ3v) is 4.23. The van der Waals surface area contributed by atoms with Gasteiger partial charge in [0.1, 0.15) is 12.4 Å². The van der Waals surface area contributed by atoms with Crippen molar-refractivity contribution < 1.29 is 60.8 Å². The van der Waals surface area contributed by atoms with E-state index in [-0.39, 0.29) is 25.2 Å². The molecule has 0 fully saturated rings. The zero-order valence-corrected chi connectivity index (χ0v) is 19.6. The predicted octanol–water partition coefficient (Wildman–Crippen LogP) is 2.90. The van der Waals surface area contributed by atoms with Crippen molar-refractivity contribution in [2.45, 2.75) is 37.8 Å². The number of aryl methyl sites for hydroxylation is 1. The lowest BCUT2D eigenvalue weighted by Gasteiger charge is -2.16. The Labute approximate surface area is 212 Å². The Morgan fingerprint density at radius 3 is 1.71 bits per heavy atom. The second-order valence-electron chi connectivity index (χ2n) is 7.18. The van der Waals surface area contributed by atoms with Crippen molar-refractivity contribution >= 4 is 17.8 Å². The zero-order chi connectivity index (χ0) is 29.4. The summed E-state index contributed by atoms with van der Waals surface area (Å²) in [6.45, 7) is 0.828. The van der Waals surface area contributed by atoms with Gasteiger partial charge in [-0.1, -0.05) is 42.5 Å². The van der Waals surface area contributed by atoms with E-state index < -0.39 is 24.3 Å². The number of hydrogen-bond acceptors (Lipinski definition) is 6. The number of carbonyl (C=O) groups excluding carboxylic acids is 1. The number of aliphatic carboxylic acids is 2. The highest BCUT2D eigenvalue weighted by Crippen LogP contribution is 2.14. The van der Waals surface area contributed by atoms with Crippen LogP contribution in [-0.2, 0) is 27.3 Å². The molecule has 0 aliphatic rings. The molecule has 1 amide bonds. The first-order chi connectivity index (χ1) is 17.6. The Kier molecular flexibility index (Phi) is 15.1. The van der Waals surface area contributed by atoms with Crippen molar-refractivity contribution in [3.63, 3.8) is 0 Å². The molecule has 0 saturated heterocycles. The van der Waals surface area contributed by atoms with Crippen LogP contribution in [0.2, 0.25) is 0 Å². The molecule has 1 atom stereocenters. The number of primary amides is 1. The quantitative estimate of drug-likeness (QED) is 0.280. The summed E-state index contributed by atoms with van der Waals surface area (Å²) in [5, 5.41) is 26.2. The second kappa shape index (κ2) is 16.8. The second-order valence-corrected chi connectivity index (χ2v) is 7.18. The molecule has 0 spiro atoms. The average Bonchev–Trinajstić information content (AvgIpc) is 2.83. The van der Waals surface area contributed by atoms with Gasteiger partial charge in [-0.25, -0.2) is 9.59 Å². The number of nitrogens with two attached hydrogens (primary N) is 1. The number of alkyl halides is 6. The lowest BCUT2D eigenvalue weighted by molar-refractivity contribution is -0.193. The van der Waals surface area contributed by atoms with E-state index in [0.29, 0.717) is 18.7 Å². The van der Waals surface area contributed by atoms with Crippen LogP contribution < -0.4 is 15.8 Å². The van der Waals surface area contributed by atoms with Crippen LogP contribution in [0.5, 0.6) is 5.75 Å². The van der Waals surface area contributed by atoms with Crippen molar-refractivity contribution in [3.8, 4) is 5.75 Å². The number of aliphatic hydroxyl groups is 1. The molecule has 0 aromatic heterocycles. The number of halogens is 6. The summed E-state index contributed by atoms with van der Waals surface area (Å²) in [6, 6.07) is 17.2. The Morgan fingerprint density at radius 2 is 1.32 bits per heavy atom. The number of benzene rings is 2. The molecular formula is C23H26F6N2O7. The highest BCUT2D eigenvalue weighted by atomic mass is 19.4. The van der Waals surface area contributed by atoms with Crippen molar-refractivity contribution in [2.75, 3.05) is 13.2 Å². The SMILES string of the molecule is NC(=O)C(CCc1ccccc1)NCc1ccc(OCCO)cc1.O=C(O)C(F)(F)F.O=C(O)C(F)(F)F. The van der Waals surface area contributed by atoms with Gasteiger partial charge in [0.05, 0.1) is 12.6 Å². The molecule has 2 aromatic rings. The number of aliphatic hydroxyl groups excluding tert-OH is 1. The van der Waals surface area contributed by atoms with Gasteiger partial charge in [0.2, 0.25) is 5.91 Å². The van der Waals surface area contributed by atoms with Gasteiger partial charge in [-0.15, -0.1) is 0 Å². The lowest BCUT2D eigenvalue weighted by atomic mass is 10.0. The largest absolute Gasteiger partial charge is 0.491 e. The molecular weight excluding hydrogens is 530 g/mol. The summed E-state index contributed by atoms with van der Waals surface area (Å²) in [4.78, 5) is 29.4. The fourth-order valence-electron chi connectivity index (χ4n) is 2.41. The van der Waals surface area contributed by atoms with Crippen LogP contribution in [0.3, 0.4) is 0 Å². The molecule has 38 heavy (non-hydrogen) atoms. The Bertz CT molecular complexity index is 960. The number of ether oxygens (including phenoxy) is 1. The smallest absolute Gasteiger partial charge is 0.490 e. The average molecular weight is 556 g/mol. The van der Waals surface area contributed by atoms with Crippen molar-refractivity contribution in [3.05, 3.63) is 65.7 Å². The molecule has 0 aliphatic heterocycles. The highest BCUT2D eigenvalue weighted by molar-refractivity contribution is 5.79. The first-order valence-corrected chi connectivity index (χ1v) is 10.6. The Morgan fingerprint density at radius 1 is 0.842 bits per heavy atom. The molecule has 1 unspecified atom stereocenters. The van der Waals surface area contributed by atoms with Crippen LogP contribution >= 0.6 is 0 Å². The molecule has 15 heteroatoms. The van der Waals surface area contributed by atoms with Crippen LogP contribution in [-0.4, -0.2) is 64.8 Å². The fourth-order valence-corrected chi connectivity index (χ4v) is 2.41. The molecule has 6 N–H and O–H groups in total. The monoisotopic (exact) mass is 556 g/mol. The van der Waals surface area contributed by atoms with Crippen LogP contribution in [0, 0.1) is 0 Å². The number of carboxylic acid groups (broad SMARTS) is 2. The van der Waals surface area contributed by atoms with E-state index in [1.807, 2.05) is 54.6 Å². The minimum absolute atomic E-state index is 0.00892. The Balaban J connectivity index is 0.000000804. The van der Waals surface area contributed by atoms with E-state index in [9.17, 15) is 31.1 Å². The Hall–Kier alpha value is -3.85. The van der Waals surface area contributed by atoms with E-state index in [0.717, 1.165) is 12.0 Å². The van der Waals surface area contributed by atoms with Crippen LogP contribution in [0.15, 0.2) is 54.6 Å². The number of hydrogen-bond donors (Lipinski definition) is 5. The van der Waals surface area contributed by atoms with Gasteiger partial charge >= 0.3 is 24.3 Å². The molecule has 212 valence electrons. The summed E-state index contributed by atoms with van der Waals surface area (Å²) in [6.07, 6.45) is -8.70. The van der Waals surface area contributed by atoms with E-state index in [1.165, 1.54) is 5.56 Å². The minimum Gasteiger partial charge on any atom is -0.491 e. The van der Waals surface area contributed by atoms with E-state index in [4.69, 9.17) is 35.4 Å². The maximum atomic E-state index is 11.6. The lowest BCUT2D eigenvalue weighted by Crippen LogP contribution is -2.41. The van der Waals surface area contributed by atoms with Gasteiger partial charge in [-0.2, -0.15) is 26.3 Å². The van der Waals surface area contributed by atoms with Crippen LogP contribution in [0.25, 0.3) is 0 Å². The molecule has 0 bridgehead atoms. The van der Waals surface area contributed by atoms with Crippen molar-refractivity contribution in [1.29, 1.82) is 0 Å². The molecule has 0 saturated carbocycles. The molecule has 0 radical (unpaired) electrons. The highest BCUT2D eigenvalue weighted by Gasteiger charge is 2.38. The van der Waals surface area contributed by atoms with E-state index in [2.05, 4.69) is 5.32 Å². The van der Waals surface area contributed by atoms with Crippen LogP contribution in [0.4, 0.5) is 26.3 Å². The van der Waals surface area contributed by atoms with Crippen molar-refractivity contribution in [2.24, 2.45) is 5.73 Å². The van der Waals surface area contributed by atoms with Gasteiger partial charge in [0.25, 0.3) is 0 Å². The maximum Gasteiger partial charge on any atom is 0.490 e. The van der Waals surface area contributed by atoms with Gasteiger partial charge in [-0.05, 0) is 36.1 Å². The summed E-state index contributed by atoms with van der Waals surface area (Å²) < 4.78 is 68.8. The van der Waals surface area contributed by atoms with Crippen molar-refractivity contribution in [1.82, 2.24) is 5.32 Å². The maximum absolute atomic E-state index is 11.6. The van der Waals surface area contributed by atoms with Gasteiger partial charge in [0.15, 0.2) is 0 Å². The molecule has 2 rings (SSSR count). The van der Waals surface area contributed by atoms with Crippen LogP contribution in [0.1, 0.15) is 17.5 Å². The first kappa shape index (κ1) is 34.1. The van der Waals surface area contributed by atoms with Gasteiger partial charge < -0.3 is 31.1 Å². The predicted molar refractivity (Wildman–Crippen MR) is 121 cm³/mol. The molecule has 2 aromatic carbocycles. The van der Waals surface area contributed by atoms with E-state index >= 15 is 0 Å². The number of carbonyl (C=O) groups is 3. The zero-order valence-electron chi connectivity index (χ0n) is 19.6. The number of amides is 1. The molecule has 0 aliphatic carbocycles. The fraction of sp³-hybridized carbons (Fsp3) is 0.348. The standard InChI is InChI=1S/C19H24N2O3.2C2HF3O2/c20-19(23)18(11-8-15-4-2-1-3-5-15)21-14-16-6-9-17(10-7-16)24-13-12-22;2*3-2(4,5)1(6)7/h1-7,9-10,18,21-22H,8,11-14H2,(H2,20,23);2*(H,6,7). The summed E-state index contributed by atoms with van der Waals surface area (Å²) >= 11 is 0. The summed E-state index contributed by atoms with van der Waals surface area (Å²) in [7, 11) is 0. The third-order valence-electron chi connectivity index (χ3n) is 4.23. The number of rotatable bonds is 10. The normalized spacial score (nSPS) is 11.7. The topological polar surface area (TPSA) is 159 Å². The van der Waals surface area contributed by atoms with Gasteiger partial charge in [-0.3, -0.25) is 4.79 Å².